The van der Waals surface area contributed by atoms with Gasteiger partial charge in [0.15, 0.2) is 5.76 Å². The van der Waals surface area contributed by atoms with Crippen LogP contribution in [0.15, 0.2) is 47.1 Å². The van der Waals surface area contributed by atoms with Crippen molar-refractivity contribution in [3.8, 4) is 5.75 Å². The molecule has 2 aromatic rings. The molecule has 0 unspecified atom stereocenters. The fourth-order valence-electron chi connectivity index (χ4n) is 1.32. The summed E-state index contributed by atoms with van der Waals surface area (Å²) in [7, 11) is 0. The average Bonchev–Trinajstić information content (AvgIpc) is 2.84. The highest BCUT2D eigenvalue weighted by atomic mass is 19.3. The van der Waals surface area contributed by atoms with Crippen molar-refractivity contribution < 1.29 is 22.7 Å². The Morgan fingerprint density at radius 1 is 1.22 bits per heavy atom. The number of furan rings is 1. The number of anilines is 1. The van der Waals surface area contributed by atoms with Crippen LogP contribution in [-0.4, -0.2) is 12.5 Å². The van der Waals surface area contributed by atoms with Crippen molar-refractivity contribution in [2.45, 2.75) is 6.61 Å². The van der Waals surface area contributed by atoms with Crippen LogP contribution in [0.5, 0.6) is 5.75 Å². The normalized spacial score (nSPS) is 10.4. The lowest BCUT2D eigenvalue weighted by atomic mass is 10.3. The Hall–Kier alpha value is -2.37. The summed E-state index contributed by atoms with van der Waals surface area (Å²) in [6.07, 6.45) is 1.38. The van der Waals surface area contributed by atoms with Gasteiger partial charge in [0.2, 0.25) is 0 Å². The maximum atomic E-state index is 11.9. The minimum atomic E-state index is -2.87. The average molecular weight is 253 g/mol. The van der Waals surface area contributed by atoms with Crippen LogP contribution in [0.2, 0.25) is 0 Å². The molecule has 0 radical (unpaired) electrons. The van der Waals surface area contributed by atoms with Crippen molar-refractivity contribution in [3.63, 3.8) is 0 Å². The molecule has 94 valence electrons. The monoisotopic (exact) mass is 253 g/mol. The maximum absolute atomic E-state index is 11.9. The van der Waals surface area contributed by atoms with Crippen LogP contribution in [-0.2, 0) is 0 Å². The van der Waals surface area contributed by atoms with Gasteiger partial charge in [-0.05, 0) is 36.4 Å². The van der Waals surface area contributed by atoms with E-state index in [1.54, 1.807) is 6.07 Å². The van der Waals surface area contributed by atoms with E-state index < -0.39 is 12.5 Å². The number of hydrogen-bond acceptors (Lipinski definition) is 3. The highest BCUT2D eigenvalue weighted by molar-refractivity contribution is 6.02. The lowest BCUT2D eigenvalue weighted by Crippen LogP contribution is -2.10. The fraction of sp³-hybridized carbons (Fsp3) is 0.0833. The van der Waals surface area contributed by atoms with Gasteiger partial charge < -0.3 is 14.5 Å². The van der Waals surface area contributed by atoms with Crippen LogP contribution in [0.1, 0.15) is 10.6 Å². The Balaban J connectivity index is 2.00. The molecule has 0 aliphatic carbocycles. The molecule has 0 fully saturated rings. The first kappa shape index (κ1) is 12.1. The van der Waals surface area contributed by atoms with Crippen LogP contribution in [0, 0.1) is 0 Å². The minimum absolute atomic E-state index is 0.0287. The minimum Gasteiger partial charge on any atom is -0.459 e. The topological polar surface area (TPSA) is 51.5 Å². The Morgan fingerprint density at radius 3 is 2.50 bits per heavy atom. The van der Waals surface area contributed by atoms with Crippen LogP contribution in [0.3, 0.4) is 0 Å². The van der Waals surface area contributed by atoms with Gasteiger partial charge in [0.25, 0.3) is 5.91 Å². The summed E-state index contributed by atoms with van der Waals surface area (Å²) in [5, 5.41) is 2.55. The third-order valence-corrected chi connectivity index (χ3v) is 2.08. The lowest BCUT2D eigenvalue weighted by molar-refractivity contribution is -0.0498. The number of halogens is 2. The van der Waals surface area contributed by atoms with E-state index in [9.17, 15) is 13.6 Å². The van der Waals surface area contributed by atoms with E-state index in [0.29, 0.717) is 5.69 Å². The molecule has 0 saturated heterocycles. The van der Waals surface area contributed by atoms with Gasteiger partial charge in [0.05, 0.1) is 6.26 Å². The predicted octanol–water partition coefficient (Wildman–Crippen LogP) is 3.13. The first-order valence-electron chi connectivity index (χ1n) is 5.05. The number of carbonyl (C=O) groups is 1. The van der Waals surface area contributed by atoms with E-state index in [4.69, 9.17) is 4.42 Å². The Kier molecular flexibility index (Phi) is 3.57. The van der Waals surface area contributed by atoms with Crippen molar-refractivity contribution in [2.75, 3.05) is 5.32 Å². The summed E-state index contributed by atoms with van der Waals surface area (Å²) in [6, 6.07) is 8.70. The molecule has 6 heteroatoms. The summed E-state index contributed by atoms with van der Waals surface area (Å²) in [4.78, 5) is 11.6. The molecule has 0 aliphatic rings. The van der Waals surface area contributed by atoms with Gasteiger partial charge in [-0.2, -0.15) is 8.78 Å². The Bertz CT molecular complexity index is 509. The van der Waals surface area contributed by atoms with Crippen LogP contribution in [0.25, 0.3) is 0 Å². The molecule has 0 atom stereocenters. The second kappa shape index (κ2) is 5.31. The highest BCUT2D eigenvalue weighted by Gasteiger charge is 2.09. The zero-order chi connectivity index (χ0) is 13.0. The number of ether oxygens (including phenoxy) is 1. The third kappa shape index (κ3) is 3.07. The number of rotatable bonds is 4. The Labute approximate surface area is 101 Å². The first-order chi connectivity index (χ1) is 8.65. The van der Waals surface area contributed by atoms with E-state index >= 15 is 0 Å². The molecule has 0 spiro atoms. The lowest BCUT2D eigenvalue weighted by Gasteiger charge is -2.06. The standard InChI is InChI=1S/C12H9F2NO3/c13-12(14)18-9-5-3-8(4-6-9)15-11(16)10-2-1-7-17-10/h1-7,12H,(H,15,16). The number of carbonyl (C=O) groups excluding carboxylic acids is 1. The van der Waals surface area contributed by atoms with Crippen molar-refractivity contribution in [3.05, 3.63) is 48.4 Å². The molecular weight excluding hydrogens is 244 g/mol. The van der Waals surface area contributed by atoms with Gasteiger partial charge in [0, 0.05) is 5.69 Å². The molecular formula is C12H9F2NO3. The van der Waals surface area contributed by atoms with Gasteiger partial charge in [-0.25, -0.2) is 0 Å². The number of hydrogen-bond donors (Lipinski definition) is 1. The van der Waals surface area contributed by atoms with Crippen molar-refractivity contribution >= 4 is 11.6 Å². The molecule has 1 amide bonds. The van der Waals surface area contributed by atoms with Gasteiger partial charge >= 0.3 is 6.61 Å². The molecule has 1 aromatic carbocycles. The molecule has 4 nitrogen and oxygen atoms in total. The van der Waals surface area contributed by atoms with Crippen LogP contribution in [0.4, 0.5) is 14.5 Å². The molecule has 0 saturated carbocycles. The zero-order valence-electron chi connectivity index (χ0n) is 9.10. The summed E-state index contributed by atoms with van der Waals surface area (Å²) in [5.74, 6) is -0.216. The third-order valence-electron chi connectivity index (χ3n) is 2.08. The Morgan fingerprint density at radius 2 is 1.94 bits per heavy atom. The summed E-state index contributed by atoms with van der Waals surface area (Å²) in [6.45, 7) is -2.87. The van der Waals surface area contributed by atoms with Crippen molar-refractivity contribution in [1.82, 2.24) is 0 Å². The van der Waals surface area contributed by atoms with Crippen molar-refractivity contribution in [2.24, 2.45) is 0 Å². The summed E-state index contributed by atoms with van der Waals surface area (Å²) < 4.78 is 32.9. The SMILES string of the molecule is O=C(Nc1ccc(OC(F)F)cc1)c1ccco1. The number of benzene rings is 1. The van der Waals surface area contributed by atoms with E-state index in [-0.39, 0.29) is 11.5 Å². The fourth-order valence-corrected chi connectivity index (χ4v) is 1.32. The zero-order valence-corrected chi connectivity index (χ0v) is 9.10. The van der Waals surface area contributed by atoms with Gasteiger partial charge in [0.1, 0.15) is 5.75 Å². The largest absolute Gasteiger partial charge is 0.459 e. The van der Waals surface area contributed by atoms with E-state index in [1.165, 1.54) is 36.6 Å². The quantitative estimate of drug-likeness (QED) is 0.910. The molecule has 1 heterocycles. The highest BCUT2D eigenvalue weighted by Crippen LogP contribution is 2.18. The van der Waals surface area contributed by atoms with E-state index in [1.807, 2.05) is 0 Å². The van der Waals surface area contributed by atoms with Gasteiger partial charge in [-0.3, -0.25) is 4.79 Å². The molecule has 1 aromatic heterocycles. The number of nitrogens with one attached hydrogen (secondary N) is 1. The van der Waals surface area contributed by atoms with Crippen molar-refractivity contribution in [1.29, 1.82) is 0 Å². The van der Waals surface area contributed by atoms with Crippen LogP contribution < -0.4 is 10.1 Å². The van der Waals surface area contributed by atoms with Gasteiger partial charge in [-0.1, -0.05) is 0 Å². The molecule has 1 N–H and O–H groups in total. The predicted molar refractivity (Wildman–Crippen MR) is 59.7 cm³/mol. The second-order valence-corrected chi connectivity index (χ2v) is 3.33. The molecule has 18 heavy (non-hydrogen) atoms. The number of amides is 1. The maximum Gasteiger partial charge on any atom is 0.387 e. The first-order valence-corrected chi connectivity index (χ1v) is 5.05. The van der Waals surface area contributed by atoms with E-state index in [0.717, 1.165) is 0 Å². The summed E-state index contributed by atoms with van der Waals surface area (Å²) in [5.41, 5.74) is 0.456. The smallest absolute Gasteiger partial charge is 0.387 e. The molecule has 0 aliphatic heterocycles. The van der Waals surface area contributed by atoms with Crippen LogP contribution >= 0.6 is 0 Å². The number of alkyl halides is 2. The van der Waals surface area contributed by atoms with Gasteiger partial charge in [-0.15, -0.1) is 0 Å². The molecule has 2 rings (SSSR count). The molecule has 0 bridgehead atoms. The second-order valence-electron chi connectivity index (χ2n) is 3.33. The summed E-state index contributed by atoms with van der Waals surface area (Å²) >= 11 is 0. The van der Waals surface area contributed by atoms with E-state index in [2.05, 4.69) is 10.1 Å².